The summed E-state index contributed by atoms with van der Waals surface area (Å²) < 4.78 is 0.672. The molecule has 0 fully saturated rings. The normalized spacial score (nSPS) is 10.6. The third-order valence-electron chi connectivity index (χ3n) is 2.29. The highest BCUT2D eigenvalue weighted by molar-refractivity contribution is 9.10. The fourth-order valence-electron chi connectivity index (χ4n) is 1.50. The number of aromatic nitrogens is 2. The summed E-state index contributed by atoms with van der Waals surface area (Å²) in [7, 11) is 0. The van der Waals surface area contributed by atoms with Crippen molar-refractivity contribution in [3.8, 4) is 0 Å². The van der Waals surface area contributed by atoms with Crippen LogP contribution in [0, 0.1) is 10.1 Å². The molecule has 92 valence electrons. The van der Waals surface area contributed by atoms with Crippen LogP contribution in [0.15, 0.2) is 16.6 Å². The number of fused-ring (bicyclic) bond motifs is 1. The monoisotopic (exact) mass is 299 g/mol. The van der Waals surface area contributed by atoms with E-state index in [2.05, 4.69) is 25.9 Å². The zero-order valence-electron chi connectivity index (χ0n) is 8.82. The topological polar surface area (TPSA) is 71.8 Å². The van der Waals surface area contributed by atoms with Gasteiger partial charge in [0, 0.05) is 16.5 Å². The standard InChI is InChI=1S/C10H10BrN3O2.CH4/c1-5(2)10-12-7-3-6(11)4-8(14(15)16)9(7)13-10;/h3-5H,1-2H3,(H,12,13);1H4. The quantitative estimate of drug-likeness (QED) is 0.673. The Labute approximate surface area is 108 Å². The van der Waals surface area contributed by atoms with Crippen molar-refractivity contribution in [2.45, 2.75) is 27.2 Å². The van der Waals surface area contributed by atoms with Crippen LogP contribution in [0.1, 0.15) is 33.0 Å². The smallest absolute Gasteiger partial charge is 0.298 e. The van der Waals surface area contributed by atoms with Crippen LogP contribution in [0.5, 0.6) is 0 Å². The zero-order chi connectivity index (χ0) is 11.9. The first-order chi connectivity index (χ1) is 7.49. The van der Waals surface area contributed by atoms with E-state index in [0.29, 0.717) is 15.5 Å². The molecule has 0 aliphatic carbocycles. The van der Waals surface area contributed by atoms with E-state index in [1.807, 2.05) is 13.8 Å². The van der Waals surface area contributed by atoms with Crippen molar-refractivity contribution in [1.82, 2.24) is 9.97 Å². The molecule has 17 heavy (non-hydrogen) atoms. The van der Waals surface area contributed by atoms with Crippen molar-refractivity contribution in [1.29, 1.82) is 0 Å². The number of hydrogen-bond acceptors (Lipinski definition) is 3. The number of nitro groups is 1. The molecular weight excluding hydrogens is 286 g/mol. The molecule has 1 aromatic heterocycles. The summed E-state index contributed by atoms with van der Waals surface area (Å²) in [5, 5.41) is 10.9. The van der Waals surface area contributed by atoms with E-state index >= 15 is 0 Å². The van der Waals surface area contributed by atoms with Crippen LogP contribution >= 0.6 is 15.9 Å². The Bertz CT molecular complexity index is 563. The molecule has 0 unspecified atom stereocenters. The van der Waals surface area contributed by atoms with Crippen LogP contribution < -0.4 is 0 Å². The predicted molar refractivity (Wildman–Crippen MR) is 71.3 cm³/mol. The highest BCUT2D eigenvalue weighted by Crippen LogP contribution is 2.29. The van der Waals surface area contributed by atoms with Gasteiger partial charge in [0.1, 0.15) is 5.82 Å². The van der Waals surface area contributed by atoms with Gasteiger partial charge in [0.05, 0.1) is 10.4 Å². The third kappa shape index (κ3) is 2.46. The Morgan fingerprint density at radius 1 is 1.47 bits per heavy atom. The summed E-state index contributed by atoms with van der Waals surface area (Å²) in [5.41, 5.74) is 1.12. The molecule has 5 nitrogen and oxygen atoms in total. The van der Waals surface area contributed by atoms with Gasteiger partial charge in [-0.3, -0.25) is 10.1 Å². The minimum Gasteiger partial charge on any atom is -0.342 e. The van der Waals surface area contributed by atoms with Gasteiger partial charge in [0.25, 0.3) is 5.69 Å². The van der Waals surface area contributed by atoms with Crippen molar-refractivity contribution in [2.24, 2.45) is 0 Å². The molecule has 2 aromatic rings. The van der Waals surface area contributed by atoms with Gasteiger partial charge in [-0.15, -0.1) is 0 Å². The maximum absolute atomic E-state index is 10.9. The number of aromatic amines is 1. The molecule has 0 aliphatic heterocycles. The van der Waals surface area contributed by atoms with Crippen molar-refractivity contribution in [2.75, 3.05) is 0 Å². The van der Waals surface area contributed by atoms with Gasteiger partial charge in [-0.05, 0) is 6.07 Å². The lowest BCUT2D eigenvalue weighted by molar-refractivity contribution is -0.383. The average molecular weight is 300 g/mol. The third-order valence-corrected chi connectivity index (χ3v) is 2.75. The number of hydrogen-bond donors (Lipinski definition) is 1. The van der Waals surface area contributed by atoms with Gasteiger partial charge in [-0.2, -0.15) is 0 Å². The number of benzene rings is 1. The van der Waals surface area contributed by atoms with E-state index in [1.165, 1.54) is 6.07 Å². The number of nitrogens with one attached hydrogen (secondary N) is 1. The summed E-state index contributed by atoms with van der Waals surface area (Å²) in [6.45, 7) is 3.97. The van der Waals surface area contributed by atoms with Gasteiger partial charge in [-0.1, -0.05) is 37.2 Å². The Morgan fingerprint density at radius 2 is 2.12 bits per heavy atom. The SMILES string of the molecule is C.CC(C)c1nc2c([N+](=O)[O-])cc(Br)cc2[nH]1. The molecular formula is C11H14BrN3O2. The molecule has 0 spiro atoms. The number of nitrogens with zero attached hydrogens (tertiary/aromatic N) is 2. The number of imidazole rings is 1. The first-order valence-corrected chi connectivity index (χ1v) is 5.62. The summed E-state index contributed by atoms with van der Waals surface area (Å²) in [6.07, 6.45) is 0. The fourth-order valence-corrected chi connectivity index (χ4v) is 1.94. The highest BCUT2D eigenvalue weighted by Gasteiger charge is 2.18. The Morgan fingerprint density at radius 3 is 2.65 bits per heavy atom. The Balaban J connectivity index is 0.00000144. The van der Waals surface area contributed by atoms with Crippen LogP contribution in [-0.4, -0.2) is 14.9 Å². The summed E-state index contributed by atoms with van der Waals surface area (Å²) in [6, 6.07) is 3.26. The average Bonchev–Trinajstić information content (AvgIpc) is 2.59. The van der Waals surface area contributed by atoms with E-state index in [4.69, 9.17) is 0 Å². The van der Waals surface area contributed by atoms with E-state index in [-0.39, 0.29) is 19.0 Å². The summed E-state index contributed by atoms with van der Waals surface area (Å²) >= 11 is 3.25. The Hall–Kier alpha value is -1.43. The van der Waals surface area contributed by atoms with Gasteiger partial charge in [0.2, 0.25) is 0 Å². The first-order valence-electron chi connectivity index (χ1n) is 4.82. The fraction of sp³-hybridized carbons (Fsp3) is 0.364. The second-order valence-corrected chi connectivity index (χ2v) is 4.77. The van der Waals surface area contributed by atoms with Gasteiger partial charge in [0.15, 0.2) is 5.52 Å². The first kappa shape index (κ1) is 13.6. The molecule has 0 saturated heterocycles. The number of halogens is 1. The maximum Gasteiger partial charge on any atom is 0.298 e. The molecule has 0 saturated carbocycles. The summed E-state index contributed by atoms with van der Waals surface area (Å²) in [4.78, 5) is 17.8. The molecule has 0 amide bonds. The predicted octanol–water partition coefficient (Wildman–Crippen LogP) is 3.99. The molecule has 0 radical (unpaired) electrons. The molecule has 0 atom stereocenters. The van der Waals surface area contributed by atoms with Crippen molar-refractivity contribution >= 4 is 32.7 Å². The molecule has 1 heterocycles. The molecule has 0 bridgehead atoms. The second-order valence-electron chi connectivity index (χ2n) is 3.85. The van der Waals surface area contributed by atoms with E-state index in [9.17, 15) is 10.1 Å². The van der Waals surface area contributed by atoms with E-state index in [1.54, 1.807) is 6.07 Å². The van der Waals surface area contributed by atoms with Gasteiger partial charge >= 0.3 is 0 Å². The number of H-pyrrole nitrogens is 1. The minimum absolute atomic E-state index is 0. The van der Waals surface area contributed by atoms with Gasteiger partial charge < -0.3 is 4.98 Å². The molecule has 1 aromatic carbocycles. The van der Waals surface area contributed by atoms with Crippen LogP contribution in [0.2, 0.25) is 0 Å². The van der Waals surface area contributed by atoms with Crippen molar-refractivity contribution in [3.63, 3.8) is 0 Å². The van der Waals surface area contributed by atoms with E-state index in [0.717, 1.165) is 5.82 Å². The number of rotatable bonds is 2. The number of non-ortho nitro benzene ring substituents is 1. The maximum atomic E-state index is 10.9. The lowest BCUT2D eigenvalue weighted by Gasteiger charge is -1.95. The summed E-state index contributed by atoms with van der Waals surface area (Å²) in [5.74, 6) is 0.974. The largest absolute Gasteiger partial charge is 0.342 e. The highest BCUT2D eigenvalue weighted by atomic mass is 79.9. The lowest BCUT2D eigenvalue weighted by atomic mass is 10.2. The van der Waals surface area contributed by atoms with Gasteiger partial charge in [-0.25, -0.2) is 4.98 Å². The molecule has 2 rings (SSSR count). The van der Waals surface area contributed by atoms with Crippen molar-refractivity contribution in [3.05, 3.63) is 32.5 Å². The van der Waals surface area contributed by atoms with Crippen molar-refractivity contribution < 1.29 is 4.92 Å². The zero-order valence-corrected chi connectivity index (χ0v) is 10.4. The minimum atomic E-state index is -0.419. The molecule has 6 heteroatoms. The van der Waals surface area contributed by atoms with Crippen LogP contribution in [0.25, 0.3) is 11.0 Å². The van der Waals surface area contributed by atoms with E-state index < -0.39 is 4.92 Å². The van der Waals surface area contributed by atoms with Crippen LogP contribution in [0.4, 0.5) is 5.69 Å². The Kier molecular flexibility index (Phi) is 3.87. The molecule has 1 N–H and O–H groups in total. The van der Waals surface area contributed by atoms with Crippen LogP contribution in [0.3, 0.4) is 0 Å². The van der Waals surface area contributed by atoms with Crippen LogP contribution in [-0.2, 0) is 0 Å². The lowest BCUT2D eigenvalue weighted by Crippen LogP contribution is -1.90. The molecule has 0 aliphatic rings. The second kappa shape index (κ2) is 4.83. The number of nitro benzene ring substituents is 1.